The highest BCUT2D eigenvalue weighted by atomic mass is 35.5. The van der Waals surface area contributed by atoms with Crippen molar-refractivity contribution in [3.8, 4) is 23.8 Å². The number of nitrogen functional groups attached to an aromatic ring is 4. The van der Waals surface area contributed by atoms with Crippen molar-refractivity contribution in [2.45, 2.75) is 34.6 Å². The molecule has 16 aromatic rings. The van der Waals surface area contributed by atoms with Crippen LogP contribution in [-0.4, -0.2) is 78.1 Å². The van der Waals surface area contributed by atoms with Gasteiger partial charge in [0.25, 0.3) is 0 Å². The second kappa shape index (κ2) is 30.2. The van der Waals surface area contributed by atoms with Gasteiger partial charge < -0.3 is 44.2 Å². The molecule has 34 heteroatoms. The Morgan fingerprint density at radius 2 is 0.664 bits per heavy atom. The van der Waals surface area contributed by atoms with E-state index in [9.17, 15) is 30.7 Å². The molecule has 8 aromatic carbocycles. The van der Waals surface area contributed by atoms with E-state index in [0.717, 1.165) is 34.5 Å². The summed E-state index contributed by atoms with van der Waals surface area (Å²) < 4.78 is 104. The zero-order valence-corrected chi connectivity index (χ0v) is 58.8. The topological polar surface area (TPSA) is 327 Å². The minimum atomic E-state index is -0.910. The highest BCUT2D eigenvalue weighted by Gasteiger charge is 2.22. The van der Waals surface area contributed by atoms with E-state index in [-0.39, 0.29) is 68.2 Å². The number of benzene rings is 8. The van der Waals surface area contributed by atoms with Gasteiger partial charge in [-0.15, -0.1) is 0 Å². The number of nitrogens with one attached hydrogen (secondary N) is 4. The number of hydrogen-bond acceptors (Lipinski definition) is 20. The van der Waals surface area contributed by atoms with Gasteiger partial charge in [-0.1, -0.05) is 64.6 Å². The number of nitrogens with zero attached hydrogens (tertiary/aromatic N) is 16. The Morgan fingerprint density at radius 1 is 0.318 bits per heavy atom. The van der Waals surface area contributed by atoms with Gasteiger partial charge in [0.2, 0.25) is 35.4 Å². The van der Waals surface area contributed by atoms with Crippen molar-refractivity contribution in [3.05, 3.63) is 261 Å². The predicted octanol–water partition coefficient (Wildman–Crippen LogP) is 17.0. The molecule has 0 fully saturated rings. The lowest BCUT2D eigenvalue weighted by atomic mass is 10.2. The first-order chi connectivity index (χ1) is 51.2. The third-order valence-electron chi connectivity index (χ3n) is 15.9. The minimum absolute atomic E-state index is 0.0126. The third kappa shape index (κ3) is 16.0. The van der Waals surface area contributed by atoms with E-state index in [1.54, 1.807) is 70.9 Å². The van der Waals surface area contributed by atoms with Crippen LogP contribution in [0.4, 0.5) is 100 Å². The van der Waals surface area contributed by atoms with Gasteiger partial charge >= 0.3 is 0 Å². The molecule has 8 aromatic heterocycles. The van der Waals surface area contributed by atoms with E-state index in [0.29, 0.717) is 90.8 Å². The van der Waals surface area contributed by atoms with Crippen molar-refractivity contribution < 1.29 is 30.7 Å². The molecular weight excluding hydrogens is 1450 g/mol. The lowest BCUT2D eigenvalue weighted by Crippen LogP contribution is -2.11. The maximum atomic E-state index is 14.5. The highest BCUT2D eigenvalue weighted by molar-refractivity contribution is 6.31. The van der Waals surface area contributed by atoms with Crippen LogP contribution >= 0.6 is 34.8 Å². The molecule has 0 radical (unpaired) electrons. The van der Waals surface area contributed by atoms with Gasteiger partial charge in [0, 0.05) is 58.1 Å². The van der Waals surface area contributed by atoms with Crippen LogP contribution in [0.5, 0.6) is 0 Å². The molecular formula is C73H56Cl3F7N24. The van der Waals surface area contributed by atoms with E-state index in [1.807, 2.05) is 74.5 Å². The van der Waals surface area contributed by atoms with Crippen molar-refractivity contribution in [1.82, 2.24) is 78.1 Å². The Bertz CT molecular complexity index is 5900. The minimum Gasteiger partial charge on any atom is -0.383 e. The summed E-state index contributed by atoms with van der Waals surface area (Å²) in [6, 6.07) is 46.5. The average molecular weight is 1510 g/mol. The number of para-hydroxylation sites is 2. The number of fused-ring (bicyclic) bond motifs is 4. The molecule has 24 nitrogen and oxygen atoms in total. The zero-order valence-electron chi connectivity index (χ0n) is 56.5. The first kappa shape index (κ1) is 72.1. The molecule has 107 heavy (non-hydrogen) atoms. The van der Waals surface area contributed by atoms with E-state index in [2.05, 4.69) is 81.1 Å². The largest absolute Gasteiger partial charge is 0.383 e. The molecule has 0 aliphatic carbocycles. The number of nitrogens with two attached hydrogens (primary N) is 4. The molecule has 0 aliphatic heterocycles. The molecule has 12 N–H and O–H groups in total. The fourth-order valence-electron chi connectivity index (χ4n) is 11.1. The van der Waals surface area contributed by atoms with E-state index in [4.69, 9.17) is 57.7 Å². The SMILES string of the molecule is Cc1ccc(Nc2cc(N)nc(-n3c(C)nc4ccc(F)cc43)n2)cc1.Cc1nc2ccc(F)cc2n1-c1nc(N)c(F)c(Nc2ccc(Cl)c(F)c2)n1.Cc1nc2ccc(F)cc2n1-c1nc(N)cc(Nc2ccc(Cl)cc2)n1.Cc1nc2ccccc2n1-c1nc(N)c(F)c(Nc2ccc(Cl)c(F)c2)n1. The van der Waals surface area contributed by atoms with Crippen LogP contribution in [0.2, 0.25) is 15.1 Å². The summed E-state index contributed by atoms with van der Waals surface area (Å²) in [7, 11) is 0. The lowest BCUT2D eigenvalue weighted by molar-refractivity contribution is 0.621. The highest BCUT2D eigenvalue weighted by Crippen LogP contribution is 2.32. The maximum Gasteiger partial charge on any atom is 0.239 e. The van der Waals surface area contributed by atoms with Crippen LogP contribution in [0, 0.1) is 75.3 Å². The Balaban J connectivity index is 0.000000126. The zero-order chi connectivity index (χ0) is 75.6. The number of aryl methyl sites for hydroxylation is 5. The Hall–Kier alpha value is -13.3. The first-order valence-electron chi connectivity index (χ1n) is 31.9. The van der Waals surface area contributed by atoms with Crippen molar-refractivity contribution in [2.75, 3.05) is 44.2 Å². The van der Waals surface area contributed by atoms with Crippen molar-refractivity contribution in [3.63, 3.8) is 0 Å². The van der Waals surface area contributed by atoms with Crippen molar-refractivity contribution in [1.29, 1.82) is 0 Å². The second-order valence-electron chi connectivity index (χ2n) is 23.6. The number of hydrogen-bond donors (Lipinski definition) is 8. The van der Waals surface area contributed by atoms with Gasteiger partial charge in [-0.2, -0.15) is 48.7 Å². The second-order valence-corrected chi connectivity index (χ2v) is 24.8. The predicted molar refractivity (Wildman–Crippen MR) is 402 cm³/mol. The summed E-state index contributed by atoms with van der Waals surface area (Å²) in [5.41, 5.74) is 31.6. The molecule has 16 rings (SSSR count). The van der Waals surface area contributed by atoms with Crippen LogP contribution in [0.3, 0.4) is 0 Å². The fourth-order valence-corrected chi connectivity index (χ4v) is 11.4. The molecule has 0 amide bonds. The maximum absolute atomic E-state index is 14.5. The standard InChI is InChI=1S/C19H17FN6.C18H12ClF3N6.C18H13ClF2N6.C18H14ClFN6/c1-11-3-6-14(7-4-11)23-18-10-17(21)24-19(25-18)26-12(2)22-15-8-5-13(20)9-16(15)26;1-8-24-13-5-2-9(20)6-14(13)28(8)18-26-16(23)15(22)17(27-18)25-10-3-4-11(19)12(21)7-10;1-9-23-13-4-2-3-5-14(13)27(9)18-25-16(22)15(21)17(26-18)24-10-6-7-11(19)12(20)8-10;1-10-22-14-7-4-12(20)8-15(14)26(10)18-24-16(21)9-17(25-18)23-13-5-2-11(19)3-6-13/h3-10H,1-2H3,(H3,21,23,24,25);2-7H,1H3,(H3,23,25,26,27);2-8H,1H3,(H3,22,24,25,26);2-9H,1H3,(H3,21,23,24,25). The number of imidazole rings is 4. The first-order valence-corrected chi connectivity index (χ1v) is 33.0. The molecule has 0 saturated carbocycles. The Morgan fingerprint density at radius 3 is 1.06 bits per heavy atom. The van der Waals surface area contributed by atoms with Crippen LogP contribution in [-0.2, 0) is 0 Å². The molecule has 0 spiro atoms. The molecule has 538 valence electrons. The number of aromatic nitrogens is 16. The summed E-state index contributed by atoms with van der Waals surface area (Å²) in [6.45, 7) is 9.10. The Labute approximate surface area is 617 Å². The summed E-state index contributed by atoms with van der Waals surface area (Å²) in [6.07, 6.45) is 0. The van der Waals surface area contributed by atoms with Crippen LogP contribution in [0.25, 0.3) is 67.9 Å². The van der Waals surface area contributed by atoms with Gasteiger partial charge in [0.1, 0.15) is 75.7 Å². The van der Waals surface area contributed by atoms with Gasteiger partial charge in [0.15, 0.2) is 23.3 Å². The average Bonchev–Trinajstić information content (AvgIpc) is 1.68. The van der Waals surface area contributed by atoms with Gasteiger partial charge in [-0.25, -0.2) is 41.9 Å². The van der Waals surface area contributed by atoms with Crippen LogP contribution in [0.1, 0.15) is 28.9 Å². The summed E-state index contributed by atoms with van der Waals surface area (Å²) in [4.78, 5) is 51.6. The molecule has 8 heterocycles. The van der Waals surface area contributed by atoms with Gasteiger partial charge in [-0.3, -0.25) is 18.3 Å². The van der Waals surface area contributed by atoms with Crippen LogP contribution < -0.4 is 44.2 Å². The normalized spacial score (nSPS) is 11.1. The monoisotopic (exact) mass is 1510 g/mol. The fraction of sp³-hybridized carbons (Fsp3) is 0.0685. The summed E-state index contributed by atoms with van der Waals surface area (Å²) in [5.74, 6) is -0.686. The van der Waals surface area contributed by atoms with E-state index < -0.39 is 34.9 Å². The third-order valence-corrected chi connectivity index (χ3v) is 16.7. The van der Waals surface area contributed by atoms with Gasteiger partial charge in [0.05, 0.1) is 54.2 Å². The Kier molecular flexibility index (Phi) is 20.4. The molecule has 0 unspecified atom stereocenters. The number of halogens is 10. The van der Waals surface area contributed by atoms with E-state index >= 15 is 0 Å². The van der Waals surface area contributed by atoms with Crippen molar-refractivity contribution >= 4 is 148 Å². The molecule has 0 bridgehead atoms. The number of rotatable bonds is 12. The van der Waals surface area contributed by atoms with Crippen molar-refractivity contribution in [2.24, 2.45) is 0 Å². The smallest absolute Gasteiger partial charge is 0.239 e. The quantitative estimate of drug-likeness (QED) is 0.0527. The summed E-state index contributed by atoms with van der Waals surface area (Å²) >= 11 is 17.2. The molecule has 0 atom stereocenters. The number of anilines is 12. The summed E-state index contributed by atoms with van der Waals surface area (Å²) in [5, 5.41) is 12.3. The van der Waals surface area contributed by atoms with E-state index in [1.165, 1.54) is 76.9 Å². The molecule has 0 saturated heterocycles. The van der Waals surface area contributed by atoms with Gasteiger partial charge in [-0.05, 0) is 156 Å². The lowest BCUT2D eigenvalue weighted by Gasteiger charge is -2.12. The molecule has 0 aliphatic rings. The van der Waals surface area contributed by atoms with Crippen LogP contribution in [0.15, 0.2) is 176 Å².